The van der Waals surface area contributed by atoms with Crippen molar-refractivity contribution >= 4 is 23.9 Å². The minimum atomic E-state index is -1.59. The lowest BCUT2D eigenvalue weighted by molar-refractivity contribution is -0.382. The van der Waals surface area contributed by atoms with E-state index >= 15 is 0 Å². The van der Waals surface area contributed by atoms with E-state index in [1.54, 1.807) is 0 Å². The van der Waals surface area contributed by atoms with Gasteiger partial charge >= 0.3 is 23.9 Å². The van der Waals surface area contributed by atoms with Gasteiger partial charge in [0.1, 0.15) is 48.8 Å². The van der Waals surface area contributed by atoms with Gasteiger partial charge in [0.15, 0.2) is 43.3 Å². The highest BCUT2D eigenvalue weighted by Crippen LogP contribution is 2.37. The van der Waals surface area contributed by atoms with Crippen LogP contribution in [0.3, 0.4) is 0 Å². The maximum Gasteiger partial charge on any atom is 0.303 e. The molecule has 0 unspecified atom stereocenters. The number of aliphatic hydroxyl groups is 1. The van der Waals surface area contributed by atoms with Crippen molar-refractivity contribution in [3.05, 3.63) is 108 Å². The average molecular weight is 985 g/mol. The number of methoxy groups -OCH3 is 3. The third-order valence-corrected chi connectivity index (χ3v) is 11.6. The summed E-state index contributed by atoms with van der Waals surface area (Å²) in [6.45, 7) is 4.70. The molecule has 0 aliphatic carbocycles. The summed E-state index contributed by atoms with van der Waals surface area (Å²) >= 11 is 0. The van der Waals surface area contributed by atoms with E-state index in [1.165, 1.54) is 49.0 Å². The van der Waals surface area contributed by atoms with Crippen LogP contribution in [0.25, 0.3) is 0 Å². The van der Waals surface area contributed by atoms with Gasteiger partial charge in [0.25, 0.3) is 0 Å². The van der Waals surface area contributed by atoms with Crippen molar-refractivity contribution in [2.24, 2.45) is 0 Å². The molecule has 384 valence electrons. The third kappa shape index (κ3) is 15.0. The predicted octanol–water partition coefficient (Wildman–Crippen LogP) is 3.35. The Balaban J connectivity index is 1.36. The van der Waals surface area contributed by atoms with Crippen molar-refractivity contribution in [2.75, 3.05) is 41.2 Å². The molecule has 3 aromatic rings. The fourth-order valence-corrected chi connectivity index (χ4v) is 8.59. The second-order valence-corrected chi connectivity index (χ2v) is 16.8. The zero-order chi connectivity index (χ0) is 50.2. The fraction of sp³-hybridized carbons (Fsp3) is 0.560. The van der Waals surface area contributed by atoms with Gasteiger partial charge in [0, 0.05) is 49.0 Å². The Labute approximate surface area is 406 Å². The molecule has 70 heavy (non-hydrogen) atoms. The number of hydrogen-bond donors (Lipinski definition) is 1. The van der Waals surface area contributed by atoms with E-state index in [1.807, 2.05) is 91.0 Å². The quantitative estimate of drug-likeness (QED) is 0.106. The molecule has 0 aromatic heterocycles. The van der Waals surface area contributed by atoms with E-state index in [0.29, 0.717) is 0 Å². The highest BCUT2D eigenvalue weighted by Gasteiger charge is 2.58. The molecule has 0 spiro atoms. The molecule has 0 bridgehead atoms. The first kappa shape index (κ1) is 54.4. The van der Waals surface area contributed by atoms with Gasteiger partial charge < -0.3 is 76.2 Å². The third-order valence-electron chi connectivity index (χ3n) is 11.6. The first-order valence-electron chi connectivity index (χ1n) is 22.9. The summed E-state index contributed by atoms with van der Waals surface area (Å²) in [6, 6.07) is 28.0. The maximum absolute atomic E-state index is 13.1. The fourth-order valence-electron chi connectivity index (χ4n) is 8.59. The summed E-state index contributed by atoms with van der Waals surface area (Å²) in [5, 5.41) is 11.1. The summed E-state index contributed by atoms with van der Waals surface area (Å²) in [5.41, 5.74) is 2.55. The van der Waals surface area contributed by atoms with E-state index in [4.69, 9.17) is 71.1 Å². The first-order valence-corrected chi connectivity index (χ1v) is 22.9. The lowest BCUT2D eigenvalue weighted by atomic mass is 9.95. The molecule has 3 aliphatic heterocycles. The van der Waals surface area contributed by atoms with Crippen LogP contribution >= 0.6 is 0 Å². The smallest absolute Gasteiger partial charge is 0.303 e. The van der Waals surface area contributed by atoms with Gasteiger partial charge in [-0.15, -0.1) is 0 Å². The summed E-state index contributed by atoms with van der Waals surface area (Å²) in [5.74, 6) is -2.89. The summed E-state index contributed by atoms with van der Waals surface area (Å²) in [4.78, 5) is 51.1. The molecule has 0 radical (unpaired) electrons. The van der Waals surface area contributed by atoms with Gasteiger partial charge in [-0.3, -0.25) is 19.2 Å². The average Bonchev–Trinajstić information content (AvgIpc) is 3.32. The predicted molar refractivity (Wildman–Crippen MR) is 241 cm³/mol. The monoisotopic (exact) mass is 984 g/mol. The van der Waals surface area contributed by atoms with Crippen LogP contribution in [0.5, 0.6) is 0 Å². The van der Waals surface area contributed by atoms with Crippen molar-refractivity contribution in [3.8, 4) is 0 Å². The van der Waals surface area contributed by atoms with E-state index in [9.17, 15) is 24.3 Å². The standard InChI is InChI=1S/C50H64O20/c1-29(51)62-39-37(27-60-24-34-19-13-9-14-20-34)67-49(46(42(39)56-5)64-31(3)53)69-40-38(28-61-25-35-21-15-10-16-22-35)68-50(47(43(40)57-6)65-32(4)54)70-41-36(26-59-23-33-17-11-8-12-18-33)66-48(55)45(58-7)44(41)63-30(2)52/h8-22,36-50,55H,23-28H2,1-7H3/t36-,37-,38-,39-,40-,41-,42+,43+,44+,45+,46+,47+,48+,49-,50-/m1/s1. The Hall–Kier alpha value is -4.94. The van der Waals surface area contributed by atoms with Crippen LogP contribution in [0, 0.1) is 0 Å². The zero-order valence-corrected chi connectivity index (χ0v) is 40.3. The Morgan fingerprint density at radius 3 is 1.10 bits per heavy atom. The molecule has 15 atom stereocenters. The number of ether oxygens (including phenoxy) is 15. The molecule has 3 saturated heterocycles. The van der Waals surface area contributed by atoms with Crippen LogP contribution in [-0.2, 0) is 110 Å². The minimum Gasteiger partial charge on any atom is -0.457 e. The molecule has 0 amide bonds. The largest absolute Gasteiger partial charge is 0.457 e. The molecule has 3 heterocycles. The van der Waals surface area contributed by atoms with E-state index < -0.39 is 116 Å². The second kappa shape index (κ2) is 27.0. The lowest BCUT2D eigenvalue weighted by Crippen LogP contribution is -2.68. The van der Waals surface area contributed by atoms with Crippen molar-refractivity contribution in [1.29, 1.82) is 0 Å². The minimum absolute atomic E-state index is 0.121. The van der Waals surface area contributed by atoms with Gasteiger partial charge in [0.2, 0.25) is 0 Å². The second-order valence-electron chi connectivity index (χ2n) is 16.8. The number of hydrogen-bond acceptors (Lipinski definition) is 20. The molecule has 0 saturated carbocycles. The van der Waals surface area contributed by atoms with Crippen molar-refractivity contribution in [3.63, 3.8) is 0 Å². The highest BCUT2D eigenvalue weighted by molar-refractivity contribution is 5.67. The van der Waals surface area contributed by atoms with E-state index in [0.717, 1.165) is 16.7 Å². The van der Waals surface area contributed by atoms with Gasteiger partial charge in [-0.25, -0.2) is 0 Å². The number of esters is 4. The number of rotatable bonds is 23. The Bertz CT molecular complexity index is 2060. The Morgan fingerprint density at radius 2 is 0.729 bits per heavy atom. The number of carbonyl (C=O) groups is 4. The summed E-state index contributed by atoms with van der Waals surface area (Å²) in [6.07, 6.45) is -19.6. The van der Waals surface area contributed by atoms with Gasteiger partial charge in [-0.2, -0.15) is 0 Å². The SMILES string of the molecule is CO[C@@H]1[C@H](OC(C)=O)[C@@H](O[C@H]2[C@H](OC)[C@H](OC(C)=O)[C@@H](O[C@H]3[C@H](OC(C)=O)[C@H](OC)[C@@H](O)O[C@@H]3COCc3ccccc3)O[C@@H]2COCc2ccccc2)O[C@H](COCc2ccccc2)[C@H]1OC(C)=O. The maximum atomic E-state index is 13.1. The molecule has 1 N–H and O–H groups in total. The molecule has 3 fully saturated rings. The molecule has 3 aromatic carbocycles. The van der Waals surface area contributed by atoms with E-state index in [2.05, 4.69) is 0 Å². The van der Waals surface area contributed by atoms with Gasteiger partial charge in [0.05, 0.1) is 39.6 Å². The zero-order valence-electron chi connectivity index (χ0n) is 40.3. The first-order chi connectivity index (χ1) is 33.8. The van der Waals surface area contributed by atoms with Crippen LogP contribution in [0.15, 0.2) is 91.0 Å². The Morgan fingerprint density at radius 1 is 0.414 bits per heavy atom. The highest BCUT2D eigenvalue weighted by atomic mass is 16.8. The van der Waals surface area contributed by atoms with Crippen molar-refractivity contribution in [1.82, 2.24) is 0 Å². The van der Waals surface area contributed by atoms with Gasteiger partial charge in [-0.05, 0) is 16.7 Å². The van der Waals surface area contributed by atoms with Crippen LogP contribution in [0.2, 0.25) is 0 Å². The molecular weight excluding hydrogens is 921 g/mol. The number of carbonyl (C=O) groups excluding carboxylic acids is 4. The van der Waals surface area contributed by atoms with Crippen LogP contribution in [0.1, 0.15) is 44.4 Å². The summed E-state index contributed by atoms with van der Waals surface area (Å²) < 4.78 is 92.1. The van der Waals surface area contributed by atoms with E-state index in [-0.39, 0.29) is 39.6 Å². The molecule has 20 nitrogen and oxygen atoms in total. The normalized spacial score (nSPS) is 31.0. The topological polar surface area (TPSA) is 227 Å². The Kier molecular flexibility index (Phi) is 21.0. The molecule has 3 aliphatic rings. The van der Waals surface area contributed by atoms with Crippen LogP contribution < -0.4 is 0 Å². The van der Waals surface area contributed by atoms with Gasteiger partial charge in [-0.1, -0.05) is 91.0 Å². The van der Waals surface area contributed by atoms with Crippen LogP contribution in [-0.4, -0.2) is 162 Å². The molecule has 6 rings (SSSR count). The number of benzene rings is 3. The van der Waals surface area contributed by atoms with Crippen molar-refractivity contribution in [2.45, 2.75) is 140 Å². The molecular formula is C50H64O20. The van der Waals surface area contributed by atoms with Crippen LogP contribution in [0.4, 0.5) is 0 Å². The lowest BCUT2D eigenvalue weighted by Gasteiger charge is -2.50. The van der Waals surface area contributed by atoms with Crippen molar-refractivity contribution < 1.29 is 95.3 Å². The summed E-state index contributed by atoms with van der Waals surface area (Å²) in [7, 11) is 4.01. The molecule has 20 heteroatoms. The number of aliphatic hydroxyl groups excluding tert-OH is 1.